The molecule has 3 rings (SSSR count). The number of hydrogen-bond donors (Lipinski definition) is 0. The Labute approximate surface area is 149 Å². The fraction of sp³-hybridized carbons (Fsp3) is 0.176. The molecule has 130 valence electrons. The molecule has 8 heteroatoms. The standard InChI is InChI=1S/C17H12BrF3N2O2/c1-25-12-4-2-10(3-5-12)8-23-9-22-15-13(16(23)24)6-11(18)7-14(15)17(19,20)21/h2-7,9H,8H2,1H3. The number of halogens is 4. The predicted molar refractivity (Wildman–Crippen MR) is 90.8 cm³/mol. The van der Waals surface area contributed by atoms with Gasteiger partial charge in [-0.2, -0.15) is 13.2 Å². The monoisotopic (exact) mass is 412 g/mol. The first-order valence-electron chi connectivity index (χ1n) is 7.18. The van der Waals surface area contributed by atoms with E-state index in [1.807, 2.05) is 0 Å². The molecule has 0 aliphatic rings. The van der Waals surface area contributed by atoms with Gasteiger partial charge in [0.25, 0.3) is 5.56 Å². The second-order valence-corrected chi connectivity index (χ2v) is 6.29. The number of alkyl halides is 3. The van der Waals surface area contributed by atoms with Crippen molar-refractivity contribution in [3.8, 4) is 5.75 Å². The largest absolute Gasteiger partial charge is 0.497 e. The minimum atomic E-state index is -4.59. The van der Waals surface area contributed by atoms with Crippen molar-refractivity contribution in [3.05, 3.63) is 68.7 Å². The molecule has 0 atom stereocenters. The van der Waals surface area contributed by atoms with Gasteiger partial charge in [0.05, 0.1) is 36.4 Å². The second kappa shape index (κ2) is 6.51. The van der Waals surface area contributed by atoms with Gasteiger partial charge >= 0.3 is 6.18 Å². The Balaban J connectivity index is 2.09. The van der Waals surface area contributed by atoms with Gasteiger partial charge in [0.1, 0.15) is 5.75 Å². The molecule has 0 saturated carbocycles. The van der Waals surface area contributed by atoms with Crippen LogP contribution in [0, 0.1) is 0 Å². The number of ether oxygens (including phenoxy) is 1. The van der Waals surface area contributed by atoms with E-state index < -0.39 is 17.3 Å². The number of aromatic nitrogens is 2. The average molecular weight is 413 g/mol. The lowest BCUT2D eigenvalue weighted by Crippen LogP contribution is -2.22. The maximum absolute atomic E-state index is 13.2. The van der Waals surface area contributed by atoms with Gasteiger partial charge in [-0.25, -0.2) is 4.98 Å². The molecule has 1 aromatic heterocycles. The summed E-state index contributed by atoms with van der Waals surface area (Å²) in [6.45, 7) is 0.194. The Bertz CT molecular complexity index is 982. The maximum atomic E-state index is 13.2. The highest BCUT2D eigenvalue weighted by molar-refractivity contribution is 9.10. The number of hydrogen-bond acceptors (Lipinski definition) is 3. The highest BCUT2D eigenvalue weighted by Crippen LogP contribution is 2.35. The summed E-state index contributed by atoms with van der Waals surface area (Å²) in [5, 5.41) is -0.0855. The minimum Gasteiger partial charge on any atom is -0.497 e. The summed E-state index contributed by atoms with van der Waals surface area (Å²) in [4.78, 5) is 16.5. The Hall–Kier alpha value is -2.35. The molecule has 3 aromatic rings. The third-order valence-corrected chi connectivity index (χ3v) is 4.17. The molecule has 0 bridgehead atoms. The first kappa shape index (κ1) is 17.5. The lowest BCUT2D eigenvalue weighted by molar-refractivity contribution is -0.136. The molecule has 2 aromatic carbocycles. The van der Waals surface area contributed by atoms with Crippen molar-refractivity contribution < 1.29 is 17.9 Å². The fourth-order valence-corrected chi connectivity index (χ4v) is 2.95. The van der Waals surface area contributed by atoms with Gasteiger partial charge < -0.3 is 4.74 Å². The molecule has 0 radical (unpaired) electrons. The van der Waals surface area contributed by atoms with Gasteiger partial charge in [-0.1, -0.05) is 28.1 Å². The zero-order valence-corrected chi connectivity index (χ0v) is 14.6. The van der Waals surface area contributed by atoms with E-state index in [-0.39, 0.29) is 21.9 Å². The van der Waals surface area contributed by atoms with Crippen LogP contribution < -0.4 is 10.3 Å². The van der Waals surface area contributed by atoms with Crippen molar-refractivity contribution >= 4 is 26.8 Å². The minimum absolute atomic E-state index is 0.0855. The molecule has 0 spiro atoms. The van der Waals surface area contributed by atoms with E-state index in [9.17, 15) is 18.0 Å². The third kappa shape index (κ3) is 3.53. The van der Waals surface area contributed by atoms with E-state index >= 15 is 0 Å². The third-order valence-electron chi connectivity index (χ3n) is 3.71. The van der Waals surface area contributed by atoms with E-state index in [4.69, 9.17) is 4.74 Å². The van der Waals surface area contributed by atoms with Crippen LogP contribution in [-0.2, 0) is 12.7 Å². The number of methoxy groups -OCH3 is 1. The molecule has 0 fully saturated rings. The summed E-state index contributed by atoms with van der Waals surface area (Å²) in [5.74, 6) is 0.673. The molecular weight excluding hydrogens is 401 g/mol. The topological polar surface area (TPSA) is 44.1 Å². The SMILES string of the molecule is COc1ccc(Cn2cnc3c(C(F)(F)F)cc(Br)cc3c2=O)cc1. The summed E-state index contributed by atoms with van der Waals surface area (Å²) >= 11 is 3.03. The van der Waals surface area contributed by atoms with Crippen molar-refractivity contribution in [1.29, 1.82) is 0 Å². The lowest BCUT2D eigenvalue weighted by atomic mass is 10.1. The van der Waals surface area contributed by atoms with Crippen LogP contribution in [0.2, 0.25) is 0 Å². The Morgan fingerprint density at radius 3 is 2.48 bits per heavy atom. The number of rotatable bonds is 3. The zero-order chi connectivity index (χ0) is 18.2. The van der Waals surface area contributed by atoms with Gasteiger partial charge in [0, 0.05) is 4.47 Å². The van der Waals surface area contributed by atoms with Crippen molar-refractivity contribution in [2.45, 2.75) is 12.7 Å². The van der Waals surface area contributed by atoms with Crippen molar-refractivity contribution in [3.63, 3.8) is 0 Å². The Kier molecular flexibility index (Phi) is 4.55. The quantitative estimate of drug-likeness (QED) is 0.646. The van der Waals surface area contributed by atoms with Crippen LogP contribution in [0.25, 0.3) is 10.9 Å². The molecular formula is C17H12BrF3N2O2. The Morgan fingerprint density at radius 2 is 1.88 bits per heavy atom. The molecule has 4 nitrogen and oxygen atoms in total. The van der Waals surface area contributed by atoms with Crippen molar-refractivity contribution in [2.24, 2.45) is 0 Å². The van der Waals surface area contributed by atoms with Crippen LogP contribution in [0.4, 0.5) is 13.2 Å². The van der Waals surface area contributed by atoms with Gasteiger partial charge in [-0.3, -0.25) is 9.36 Å². The van der Waals surface area contributed by atoms with Crippen LogP contribution in [0.1, 0.15) is 11.1 Å². The fourth-order valence-electron chi connectivity index (χ4n) is 2.49. The summed E-state index contributed by atoms with van der Waals surface area (Å²) in [6, 6.07) is 9.31. The van der Waals surface area contributed by atoms with E-state index in [1.54, 1.807) is 31.4 Å². The van der Waals surface area contributed by atoms with Crippen LogP contribution in [0.3, 0.4) is 0 Å². The normalized spacial score (nSPS) is 11.7. The molecule has 0 N–H and O–H groups in total. The zero-order valence-electron chi connectivity index (χ0n) is 13.0. The highest BCUT2D eigenvalue weighted by atomic mass is 79.9. The molecule has 0 aliphatic carbocycles. The number of nitrogens with zero attached hydrogens (tertiary/aromatic N) is 2. The van der Waals surface area contributed by atoms with Crippen molar-refractivity contribution in [1.82, 2.24) is 9.55 Å². The Morgan fingerprint density at radius 1 is 1.20 bits per heavy atom. The number of fused-ring (bicyclic) bond motifs is 1. The van der Waals surface area contributed by atoms with E-state index in [0.29, 0.717) is 5.75 Å². The molecule has 1 heterocycles. The maximum Gasteiger partial charge on any atom is 0.418 e. The van der Waals surface area contributed by atoms with Gasteiger partial charge in [-0.05, 0) is 29.8 Å². The van der Waals surface area contributed by atoms with E-state index in [1.165, 1.54) is 10.6 Å². The van der Waals surface area contributed by atoms with Gasteiger partial charge in [0.15, 0.2) is 0 Å². The van der Waals surface area contributed by atoms with Gasteiger partial charge in [-0.15, -0.1) is 0 Å². The predicted octanol–water partition coefficient (Wildman–Crippen LogP) is 4.23. The first-order chi connectivity index (χ1) is 11.8. The summed E-state index contributed by atoms with van der Waals surface area (Å²) < 4.78 is 46.0. The molecule has 0 saturated heterocycles. The van der Waals surface area contributed by atoms with Gasteiger partial charge in [0.2, 0.25) is 0 Å². The van der Waals surface area contributed by atoms with E-state index in [2.05, 4.69) is 20.9 Å². The summed E-state index contributed by atoms with van der Waals surface area (Å²) in [5.41, 5.74) is -1.03. The summed E-state index contributed by atoms with van der Waals surface area (Å²) in [6.07, 6.45) is -3.46. The molecule has 0 amide bonds. The molecule has 25 heavy (non-hydrogen) atoms. The van der Waals surface area contributed by atoms with Crippen LogP contribution in [-0.4, -0.2) is 16.7 Å². The van der Waals surface area contributed by atoms with E-state index in [0.717, 1.165) is 18.0 Å². The summed E-state index contributed by atoms with van der Waals surface area (Å²) in [7, 11) is 1.54. The highest BCUT2D eigenvalue weighted by Gasteiger charge is 2.34. The van der Waals surface area contributed by atoms with Crippen LogP contribution in [0.5, 0.6) is 5.75 Å². The molecule has 0 aliphatic heterocycles. The molecule has 0 unspecified atom stereocenters. The first-order valence-corrected chi connectivity index (χ1v) is 7.97. The van der Waals surface area contributed by atoms with Crippen LogP contribution >= 0.6 is 15.9 Å². The second-order valence-electron chi connectivity index (χ2n) is 5.37. The van der Waals surface area contributed by atoms with Crippen LogP contribution in [0.15, 0.2) is 52.0 Å². The number of benzene rings is 2. The lowest BCUT2D eigenvalue weighted by Gasteiger charge is -2.12. The average Bonchev–Trinajstić information content (AvgIpc) is 2.57. The smallest absolute Gasteiger partial charge is 0.418 e. The van der Waals surface area contributed by atoms with Crippen molar-refractivity contribution in [2.75, 3.05) is 7.11 Å².